The number of nitrogens with one attached hydrogen (secondary N) is 1. The van der Waals surface area contributed by atoms with Crippen LogP contribution in [0.25, 0.3) is 11.3 Å². The number of fused-ring (bicyclic) bond motifs is 1. The fourth-order valence-corrected chi connectivity index (χ4v) is 3.34. The Hall–Kier alpha value is -3.66. The maximum atomic E-state index is 6.49. The second kappa shape index (κ2) is 6.57. The number of aromatic amines is 1. The van der Waals surface area contributed by atoms with Crippen LogP contribution in [0.2, 0.25) is 0 Å². The van der Waals surface area contributed by atoms with Crippen molar-refractivity contribution in [3.05, 3.63) is 102 Å². The molecule has 3 aromatic carbocycles. The van der Waals surface area contributed by atoms with Crippen LogP contribution in [0.15, 0.2) is 96.0 Å². The van der Waals surface area contributed by atoms with Crippen molar-refractivity contribution in [2.24, 2.45) is 4.99 Å². The summed E-state index contributed by atoms with van der Waals surface area (Å²) in [7, 11) is 0. The van der Waals surface area contributed by atoms with E-state index >= 15 is 0 Å². The van der Waals surface area contributed by atoms with Crippen LogP contribution in [0.1, 0.15) is 17.2 Å². The van der Waals surface area contributed by atoms with E-state index in [1.165, 1.54) is 0 Å². The Kier molecular flexibility index (Phi) is 3.79. The normalized spacial score (nSPS) is 15.6. The van der Waals surface area contributed by atoms with Crippen molar-refractivity contribution < 1.29 is 4.74 Å². The molecule has 1 atom stereocenters. The number of hydrogen-bond acceptors (Lipinski definition) is 3. The number of benzene rings is 3. The monoisotopic (exact) mass is 351 g/mol. The van der Waals surface area contributed by atoms with Crippen molar-refractivity contribution in [2.75, 3.05) is 0 Å². The molecule has 4 aromatic rings. The first-order valence-electron chi connectivity index (χ1n) is 8.89. The van der Waals surface area contributed by atoms with Crippen molar-refractivity contribution in [1.29, 1.82) is 0 Å². The van der Waals surface area contributed by atoms with E-state index in [1.807, 2.05) is 78.9 Å². The molecule has 4 heteroatoms. The lowest BCUT2D eigenvalue weighted by atomic mass is 9.97. The zero-order valence-corrected chi connectivity index (χ0v) is 14.5. The lowest BCUT2D eigenvalue weighted by Crippen LogP contribution is -2.22. The molecule has 1 N–H and O–H groups in total. The van der Waals surface area contributed by atoms with Crippen LogP contribution in [0, 0.1) is 0 Å². The van der Waals surface area contributed by atoms with E-state index in [9.17, 15) is 0 Å². The van der Waals surface area contributed by atoms with Gasteiger partial charge in [0.15, 0.2) is 11.9 Å². The third-order valence-corrected chi connectivity index (χ3v) is 4.65. The molecular weight excluding hydrogens is 334 g/mol. The molecule has 0 saturated heterocycles. The summed E-state index contributed by atoms with van der Waals surface area (Å²) in [6.45, 7) is 0. The maximum absolute atomic E-state index is 6.49. The highest BCUT2D eigenvalue weighted by molar-refractivity contribution is 6.07. The minimum Gasteiger partial charge on any atom is -0.473 e. The molecule has 130 valence electrons. The van der Waals surface area contributed by atoms with Gasteiger partial charge >= 0.3 is 0 Å². The lowest BCUT2D eigenvalue weighted by molar-refractivity contribution is 0.271. The van der Waals surface area contributed by atoms with Gasteiger partial charge in [0.1, 0.15) is 5.69 Å². The second-order valence-electron chi connectivity index (χ2n) is 6.39. The van der Waals surface area contributed by atoms with E-state index in [2.05, 4.69) is 22.3 Å². The van der Waals surface area contributed by atoms with Gasteiger partial charge in [-0.15, -0.1) is 0 Å². The van der Waals surface area contributed by atoms with E-state index in [0.29, 0.717) is 11.6 Å². The number of aliphatic imine (C=N–C) groups is 1. The average molecular weight is 351 g/mol. The molecule has 1 unspecified atom stereocenters. The van der Waals surface area contributed by atoms with E-state index in [0.717, 1.165) is 28.1 Å². The minimum atomic E-state index is -0.291. The first-order valence-corrected chi connectivity index (χ1v) is 8.89. The van der Waals surface area contributed by atoms with Gasteiger partial charge in [-0.2, -0.15) is 5.10 Å². The first-order chi connectivity index (χ1) is 13.4. The van der Waals surface area contributed by atoms with Crippen molar-refractivity contribution in [3.63, 3.8) is 0 Å². The minimum absolute atomic E-state index is 0.291. The SMILES string of the molecule is c1ccc(C2=Nc3n[nH]c(-c4ccccc4)c3OC2c2ccccc2)cc1. The highest BCUT2D eigenvalue weighted by Gasteiger charge is 2.31. The topological polar surface area (TPSA) is 50.3 Å². The Bertz CT molecular complexity index is 1090. The average Bonchev–Trinajstić information content (AvgIpc) is 3.18. The van der Waals surface area contributed by atoms with Crippen molar-refractivity contribution in [3.8, 4) is 17.0 Å². The summed E-state index contributed by atoms with van der Waals surface area (Å²) in [5, 5.41) is 7.49. The molecule has 1 aliphatic heterocycles. The van der Waals surface area contributed by atoms with Crippen LogP contribution in [0.4, 0.5) is 5.82 Å². The van der Waals surface area contributed by atoms with E-state index < -0.39 is 0 Å². The molecule has 2 heterocycles. The summed E-state index contributed by atoms with van der Waals surface area (Å²) in [5.74, 6) is 1.27. The number of H-pyrrole nitrogens is 1. The van der Waals surface area contributed by atoms with Gasteiger partial charge < -0.3 is 4.74 Å². The molecule has 1 aliphatic rings. The van der Waals surface area contributed by atoms with Crippen molar-refractivity contribution in [1.82, 2.24) is 10.2 Å². The largest absolute Gasteiger partial charge is 0.473 e. The first kappa shape index (κ1) is 15.6. The predicted octanol–water partition coefficient (Wildman–Crippen LogP) is 5.33. The molecule has 27 heavy (non-hydrogen) atoms. The summed E-state index contributed by atoms with van der Waals surface area (Å²) >= 11 is 0. The summed E-state index contributed by atoms with van der Waals surface area (Å²) in [6.07, 6.45) is -0.291. The van der Waals surface area contributed by atoms with E-state index in [-0.39, 0.29) is 6.10 Å². The quantitative estimate of drug-likeness (QED) is 0.542. The molecule has 1 aromatic heterocycles. The molecule has 0 aliphatic carbocycles. The fraction of sp³-hybridized carbons (Fsp3) is 0.0435. The number of hydrogen-bond donors (Lipinski definition) is 1. The summed E-state index contributed by atoms with van der Waals surface area (Å²) in [6, 6.07) is 30.3. The van der Waals surface area contributed by atoms with Crippen molar-refractivity contribution in [2.45, 2.75) is 6.10 Å². The molecule has 5 rings (SSSR count). The van der Waals surface area contributed by atoms with Crippen LogP contribution in [0.5, 0.6) is 5.75 Å². The zero-order valence-electron chi connectivity index (χ0n) is 14.5. The molecule has 0 saturated carbocycles. The Morgan fingerprint density at radius 3 is 1.96 bits per heavy atom. The summed E-state index contributed by atoms with van der Waals surface area (Å²) in [4.78, 5) is 4.87. The molecule has 0 amide bonds. The molecule has 0 spiro atoms. The van der Waals surface area contributed by atoms with Crippen LogP contribution < -0.4 is 4.74 Å². The van der Waals surface area contributed by atoms with Gasteiger partial charge in [0.05, 0.1) is 5.71 Å². The molecular formula is C23H17N3O. The molecule has 0 fully saturated rings. The van der Waals surface area contributed by atoms with Gasteiger partial charge in [-0.05, 0) is 5.56 Å². The molecule has 0 bridgehead atoms. The standard InChI is InChI=1S/C23H17N3O/c1-4-10-16(11-5-1)19-21(18-14-8-3-9-15-18)27-22-20(25-26-23(22)24-19)17-12-6-2-7-13-17/h1-15,21H,(H,25,26). The van der Waals surface area contributed by atoms with E-state index in [4.69, 9.17) is 9.73 Å². The maximum Gasteiger partial charge on any atom is 0.217 e. The number of nitrogens with zero attached hydrogens (tertiary/aromatic N) is 2. The highest BCUT2D eigenvalue weighted by atomic mass is 16.5. The fourth-order valence-electron chi connectivity index (χ4n) is 3.34. The second-order valence-corrected chi connectivity index (χ2v) is 6.39. The van der Waals surface area contributed by atoms with Gasteiger partial charge in [-0.1, -0.05) is 91.0 Å². The Balaban J connectivity index is 1.67. The van der Waals surface area contributed by atoms with Crippen LogP contribution >= 0.6 is 0 Å². The number of aromatic nitrogens is 2. The summed E-state index contributed by atoms with van der Waals surface area (Å²) < 4.78 is 6.49. The summed E-state index contributed by atoms with van der Waals surface area (Å²) in [5.41, 5.74) is 4.83. The highest BCUT2D eigenvalue weighted by Crippen LogP contribution is 2.43. The molecule has 0 radical (unpaired) electrons. The van der Waals surface area contributed by atoms with Gasteiger partial charge in [-0.25, -0.2) is 4.99 Å². The van der Waals surface area contributed by atoms with Gasteiger partial charge in [-0.3, -0.25) is 5.10 Å². The van der Waals surface area contributed by atoms with Crippen LogP contribution in [0.3, 0.4) is 0 Å². The van der Waals surface area contributed by atoms with Crippen LogP contribution in [-0.2, 0) is 0 Å². The zero-order chi connectivity index (χ0) is 18.1. The van der Waals surface area contributed by atoms with Gasteiger partial charge in [0.25, 0.3) is 0 Å². The number of rotatable bonds is 3. The van der Waals surface area contributed by atoms with Gasteiger partial charge in [0.2, 0.25) is 5.82 Å². The molecule has 4 nitrogen and oxygen atoms in total. The third kappa shape index (κ3) is 2.81. The van der Waals surface area contributed by atoms with E-state index in [1.54, 1.807) is 0 Å². The number of ether oxygens (including phenoxy) is 1. The van der Waals surface area contributed by atoms with Crippen molar-refractivity contribution >= 4 is 11.5 Å². The lowest BCUT2D eigenvalue weighted by Gasteiger charge is -2.25. The predicted molar refractivity (Wildman–Crippen MR) is 106 cm³/mol. The van der Waals surface area contributed by atoms with Crippen LogP contribution in [-0.4, -0.2) is 15.9 Å². The third-order valence-electron chi connectivity index (χ3n) is 4.65. The smallest absolute Gasteiger partial charge is 0.217 e. The Labute approximate surface area is 157 Å². The Morgan fingerprint density at radius 1 is 0.704 bits per heavy atom. The Morgan fingerprint density at radius 2 is 1.30 bits per heavy atom. The van der Waals surface area contributed by atoms with Gasteiger partial charge in [0, 0.05) is 11.1 Å².